The van der Waals surface area contributed by atoms with Crippen LogP contribution < -0.4 is 0 Å². The summed E-state index contributed by atoms with van der Waals surface area (Å²) in [5.74, 6) is 0. The van der Waals surface area contributed by atoms with E-state index in [-0.39, 0.29) is 0 Å². The molecular weight excluding hydrogens is 142 g/mol. The van der Waals surface area contributed by atoms with Crippen molar-refractivity contribution in [2.45, 2.75) is 25.0 Å². The van der Waals surface area contributed by atoms with Gasteiger partial charge in [-0.1, -0.05) is 0 Å². The van der Waals surface area contributed by atoms with Gasteiger partial charge in [0, 0.05) is 12.6 Å². The number of likely N-dealkylation sites (tertiary alicyclic amines) is 1. The first-order valence-electron chi connectivity index (χ1n) is 4.36. The summed E-state index contributed by atoms with van der Waals surface area (Å²) in [6, 6.07) is 0.416. The Morgan fingerprint density at radius 1 is 1.55 bits per heavy atom. The van der Waals surface area contributed by atoms with E-state index in [9.17, 15) is 0 Å². The average molecular weight is 157 g/mol. The average Bonchev–Trinajstić information content (AvgIpc) is 2.68. The van der Waals surface area contributed by atoms with Gasteiger partial charge < -0.3 is 9.84 Å². The molecule has 0 amide bonds. The number of nitrogens with zero attached hydrogens (tertiary/aromatic N) is 1. The molecule has 0 aromatic heterocycles. The van der Waals surface area contributed by atoms with Gasteiger partial charge in [-0.2, -0.15) is 0 Å². The molecule has 0 radical (unpaired) electrons. The number of epoxide rings is 1. The monoisotopic (exact) mass is 157 g/mol. The second-order valence-corrected chi connectivity index (χ2v) is 3.43. The molecule has 2 saturated heterocycles. The lowest BCUT2D eigenvalue weighted by molar-refractivity contribution is 0.150. The van der Waals surface area contributed by atoms with E-state index in [1.54, 1.807) is 0 Å². The molecule has 64 valence electrons. The van der Waals surface area contributed by atoms with E-state index in [1.807, 2.05) is 0 Å². The van der Waals surface area contributed by atoms with Crippen molar-refractivity contribution in [3.05, 3.63) is 0 Å². The molecule has 2 aliphatic heterocycles. The Morgan fingerprint density at radius 2 is 2.36 bits per heavy atom. The molecule has 0 bridgehead atoms. The van der Waals surface area contributed by atoms with Crippen molar-refractivity contribution in [3.63, 3.8) is 0 Å². The molecule has 3 nitrogen and oxygen atoms in total. The maximum absolute atomic E-state index is 8.99. The lowest BCUT2D eigenvalue weighted by Crippen LogP contribution is -2.35. The molecule has 0 unspecified atom stereocenters. The molecule has 11 heavy (non-hydrogen) atoms. The van der Waals surface area contributed by atoms with Crippen molar-refractivity contribution in [3.8, 4) is 0 Å². The summed E-state index contributed by atoms with van der Waals surface area (Å²) >= 11 is 0. The van der Waals surface area contributed by atoms with E-state index in [0.29, 0.717) is 18.8 Å². The highest BCUT2D eigenvalue weighted by Gasteiger charge is 2.31. The minimum Gasteiger partial charge on any atom is -0.395 e. The second-order valence-electron chi connectivity index (χ2n) is 3.43. The van der Waals surface area contributed by atoms with Gasteiger partial charge in [0.15, 0.2) is 0 Å². The normalized spacial score (nSPS) is 37.9. The van der Waals surface area contributed by atoms with E-state index in [2.05, 4.69) is 4.90 Å². The third-order valence-electron chi connectivity index (χ3n) is 2.55. The van der Waals surface area contributed by atoms with E-state index >= 15 is 0 Å². The molecule has 0 aromatic carbocycles. The molecule has 1 N–H and O–H groups in total. The van der Waals surface area contributed by atoms with Crippen LogP contribution in [0.15, 0.2) is 0 Å². The van der Waals surface area contributed by atoms with Gasteiger partial charge >= 0.3 is 0 Å². The van der Waals surface area contributed by atoms with Crippen molar-refractivity contribution in [1.82, 2.24) is 4.90 Å². The quantitative estimate of drug-likeness (QED) is 0.578. The first-order valence-corrected chi connectivity index (χ1v) is 4.36. The Hall–Kier alpha value is -0.120. The van der Waals surface area contributed by atoms with Gasteiger partial charge in [-0.25, -0.2) is 0 Å². The van der Waals surface area contributed by atoms with Crippen LogP contribution in [0.3, 0.4) is 0 Å². The van der Waals surface area contributed by atoms with Crippen LogP contribution in [0.2, 0.25) is 0 Å². The molecule has 2 heterocycles. The molecule has 0 spiro atoms. The number of hydrogen-bond acceptors (Lipinski definition) is 3. The summed E-state index contributed by atoms with van der Waals surface area (Å²) in [6.07, 6.45) is 2.86. The van der Waals surface area contributed by atoms with Crippen molar-refractivity contribution in [1.29, 1.82) is 0 Å². The fourth-order valence-corrected chi connectivity index (χ4v) is 1.78. The Labute approximate surface area is 66.9 Å². The molecule has 0 aromatic rings. The summed E-state index contributed by atoms with van der Waals surface area (Å²) in [7, 11) is 0. The summed E-state index contributed by atoms with van der Waals surface area (Å²) in [6.45, 7) is 3.41. The van der Waals surface area contributed by atoms with Gasteiger partial charge in [0.1, 0.15) is 0 Å². The predicted molar refractivity (Wildman–Crippen MR) is 41.4 cm³/mol. The molecule has 0 saturated carbocycles. The molecule has 2 fully saturated rings. The molecule has 2 atom stereocenters. The molecular formula is C8H15NO2. The summed E-state index contributed by atoms with van der Waals surface area (Å²) < 4.78 is 5.14. The first kappa shape index (κ1) is 7.53. The third kappa shape index (κ3) is 1.72. The number of aliphatic hydroxyl groups is 1. The van der Waals surface area contributed by atoms with E-state index in [0.717, 1.165) is 26.1 Å². The van der Waals surface area contributed by atoms with Crippen LogP contribution in [-0.4, -0.2) is 48.5 Å². The fraction of sp³-hybridized carbons (Fsp3) is 1.00. The summed E-state index contributed by atoms with van der Waals surface area (Å²) in [5, 5.41) is 8.99. The standard InChI is InChI=1S/C8H15NO2/c10-5-7-2-1-3-9(7)4-8-6-11-8/h7-8,10H,1-6H2/t7-,8-/m0/s1. The third-order valence-corrected chi connectivity index (χ3v) is 2.55. The highest BCUT2D eigenvalue weighted by molar-refractivity contribution is 4.83. The maximum atomic E-state index is 8.99. The number of aliphatic hydroxyl groups excluding tert-OH is 1. The summed E-state index contributed by atoms with van der Waals surface area (Å²) in [4.78, 5) is 2.34. The first-order chi connectivity index (χ1) is 5.40. The number of ether oxygens (including phenoxy) is 1. The Kier molecular flexibility index (Phi) is 2.11. The van der Waals surface area contributed by atoms with Crippen LogP contribution in [0.5, 0.6) is 0 Å². The fourth-order valence-electron chi connectivity index (χ4n) is 1.78. The molecule has 0 aliphatic carbocycles. The van der Waals surface area contributed by atoms with Crippen LogP contribution >= 0.6 is 0 Å². The highest BCUT2D eigenvalue weighted by Crippen LogP contribution is 2.20. The zero-order valence-electron chi connectivity index (χ0n) is 6.70. The van der Waals surface area contributed by atoms with Gasteiger partial charge in [-0.05, 0) is 19.4 Å². The number of hydrogen-bond donors (Lipinski definition) is 1. The smallest absolute Gasteiger partial charge is 0.0936 e. The lowest BCUT2D eigenvalue weighted by atomic mass is 10.2. The van der Waals surface area contributed by atoms with E-state index in [1.165, 1.54) is 6.42 Å². The second kappa shape index (κ2) is 3.09. The van der Waals surface area contributed by atoms with Crippen molar-refractivity contribution in [2.24, 2.45) is 0 Å². The van der Waals surface area contributed by atoms with Crippen LogP contribution in [0.25, 0.3) is 0 Å². The minimum absolute atomic E-state index is 0.312. The topological polar surface area (TPSA) is 36.0 Å². The lowest BCUT2D eigenvalue weighted by Gasteiger charge is -2.21. The van der Waals surface area contributed by atoms with Crippen molar-refractivity contribution >= 4 is 0 Å². The van der Waals surface area contributed by atoms with Crippen LogP contribution in [-0.2, 0) is 4.74 Å². The van der Waals surface area contributed by atoms with Gasteiger partial charge in [-0.3, -0.25) is 4.90 Å². The Bertz CT molecular complexity index is 136. The Balaban J connectivity index is 1.79. The van der Waals surface area contributed by atoms with Gasteiger partial charge in [0.25, 0.3) is 0 Å². The van der Waals surface area contributed by atoms with Gasteiger partial charge in [-0.15, -0.1) is 0 Å². The van der Waals surface area contributed by atoms with E-state index < -0.39 is 0 Å². The van der Waals surface area contributed by atoms with Crippen LogP contribution in [0.4, 0.5) is 0 Å². The minimum atomic E-state index is 0.312. The molecule has 3 heteroatoms. The van der Waals surface area contributed by atoms with Gasteiger partial charge in [0.05, 0.1) is 19.3 Å². The van der Waals surface area contributed by atoms with Crippen molar-refractivity contribution < 1.29 is 9.84 Å². The largest absolute Gasteiger partial charge is 0.395 e. The maximum Gasteiger partial charge on any atom is 0.0936 e. The summed E-state index contributed by atoms with van der Waals surface area (Å²) in [5.41, 5.74) is 0. The Morgan fingerprint density at radius 3 is 3.00 bits per heavy atom. The zero-order valence-corrected chi connectivity index (χ0v) is 6.70. The van der Waals surface area contributed by atoms with Crippen LogP contribution in [0.1, 0.15) is 12.8 Å². The highest BCUT2D eigenvalue weighted by atomic mass is 16.6. The van der Waals surface area contributed by atoms with E-state index in [4.69, 9.17) is 9.84 Å². The van der Waals surface area contributed by atoms with Crippen molar-refractivity contribution in [2.75, 3.05) is 26.3 Å². The SMILES string of the molecule is OC[C@@H]1CCCN1C[C@H]1CO1. The van der Waals surface area contributed by atoms with Gasteiger partial charge in [0.2, 0.25) is 0 Å². The zero-order chi connectivity index (χ0) is 7.68. The number of rotatable bonds is 3. The predicted octanol–water partition coefficient (Wildman–Crippen LogP) is -0.158. The van der Waals surface area contributed by atoms with Crippen LogP contribution in [0, 0.1) is 0 Å². The molecule has 2 rings (SSSR count). The molecule has 2 aliphatic rings.